The van der Waals surface area contributed by atoms with E-state index in [-0.39, 0.29) is 22.8 Å². The van der Waals surface area contributed by atoms with Crippen LogP contribution in [0.15, 0.2) is 57.4 Å². The molecule has 154 valence electrons. The van der Waals surface area contributed by atoms with Crippen LogP contribution in [0.2, 0.25) is 0 Å². The number of sulfonamides is 1. The smallest absolute Gasteiger partial charge is 0.240 e. The normalized spacial score (nSPS) is 23.2. The highest BCUT2D eigenvalue weighted by Crippen LogP contribution is 2.51. The van der Waals surface area contributed by atoms with Crippen LogP contribution in [0.5, 0.6) is 11.5 Å². The maximum absolute atomic E-state index is 13.0. The monoisotopic (exact) mass is 477 g/mol. The van der Waals surface area contributed by atoms with Gasteiger partial charge in [-0.25, -0.2) is 13.1 Å². The predicted molar refractivity (Wildman–Crippen MR) is 116 cm³/mol. The second kappa shape index (κ2) is 7.78. The summed E-state index contributed by atoms with van der Waals surface area (Å²) < 4.78 is 41.1. The molecule has 0 aliphatic heterocycles. The summed E-state index contributed by atoms with van der Waals surface area (Å²) in [6, 6.07) is 10.4. The second-order valence-corrected chi connectivity index (χ2v) is 10.3. The fourth-order valence-electron chi connectivity index (χ4n) is 4.62. The van der Waals surface area contributed by atoms with Crippen molar-refractivity contribution in [2.24, 2.45) is 5.92 Å². The Morgan fingerprint density at radius 3 is 2.41 bits per heavy atom. The number of hydrogen-bond donors (Lipinski definition) is 1. The number of halogens is 1. The minimum atomic E-state index is -3.61. The molecule has 5 nitrogen and oxygen atoms in total. The van der Waals surface area contributed by atoms with Gasteiger partial charge < -0.3 is 9.47 Å². The van der Waals surface area contributed by atoms with Crippen LogP contribution in [0.1, 0.15) is 30.4 Å². The van der Waals surface area contributed by atoms with E-state index in [9.17, 15) is 8.42 Å². The molecule has 0 amide bonds. The van der Waals surface area contributed by atoms with Crippen molar-refractivity contribution in [3.05, 3.63) is 63.6 Å². The summed E-state index contributed by atoms with van der Waals surface area (Å²) >= 11 is 3.35. The first-order valence-electron chi connectivity index (χ1n) is 9.53. The zero-order valence-corrected chi connectivity index (χ0v) is 19.0. The number of nitrogens with one attached hydrogen (secondary N) is 1. The largest absolute Gasteiger partial charge is 0.493 e. The fraction of sp³-hybridized carbons (Fsp3) is 0.364. The molecule has 4 rings (SSSR count). The molecule has 2 aliphatic carbocycles. The molecule has 0 bridgehead atoms. The van der Waals surface area contributed by atoms with Gasteiger partial charge in [-0.3, -0.25) is 0 Å². The highest BCUT2D eigenvalue weighted by atomic mass is 79.9. The molecule has 0 saturated carbocycles. The van der Waals surface area contributed by atoms with E-state index in [0.717, 1.165) is 27.8 Å². The van der Waals surface area contributed by atoms with Gasteiger partial charge in [0.25, 0.3) is 0 Å². The molecule has 7 heteroatoms. The van der Waals surface area contributed by atoms with Gasteiger partial charge in [0.15, 0.2) is 11.5 Å². The van der Waals surface area contributed by atoms with E-state index < -0.39 is 10.0 Å². The standard InChI is InChI=1S/C22H24BrNO4S/c1-13-10-17-18(11-13)21-14(4-9-20(27-2)22(21)28-3)12-19(17)24-29(25,26)16-7-5-15(23)6-8-16/h4-9,11,17-19,24H,10,12H2,1-3H3. The van der Waals surface area contributed by atoms with Crippen LogP contribution in [-0.4, -0.2) is 28.7 Å². The fourth-order valence-corrected chi connectivity index (χ4v) is 6.17. The maximum atomic E-state index is 13.0. The summed E-state index contributed by atoms with van der Waals surface area (Å²) in [4.78, 5) is 0.276. The van der Waals surface area contributed by atoms with Crippen molar-refractivity contribution in [2.45, 2.75) is 36.6 Å². The Morgan fingerprint density at radius 2 is 1.76 bits per heavy atom. The van der Waals surface area contributed by atoms with Gasteiger partial charge in [-0.05, 0) is 61.6 Å². The summed E-state index contributed by atoms with van der Waals surface area (Å²) in [5, 5.41) is 0. The van der Waals surface area contributed by atoms with Crippen LogP contribution in [0, 0.1) is 5.92 Å². The van der Waals surface area contributed by atoms with Gasteiger partial charge >= 0.3 is 0 Å². The third-order valence-corrected chi connectivity index (χ3v) is 7.91. The van der Waals surface area contributed by atoms with Gasteiger partial charge in [0.05, 0.1) is 19.1 Å². The van der Waals surface area contributed by atoms with Crippen molar-refractivity contribution in [2.75, 3.05) is 14.2 Å². The minimum Gasteiger partial charge on any atom is -0.493 e. The minimum absolute atomic E-state index is 0.0985. The zero-order valence-electron chi connectivity index (χ0n) is 16.6. The summed E-state index contributed by atoms with van der Waals surface area (Å²) in [5.41, 5.74) is 3.48. The third-order valence-electron chi connectivity index (χ3n) is 5.88. The SMILES string of the molecule is COc1ccc2c(c1OC)C1C=C(C)CC1C(NS(=O)(=O)c1ccc(Br)cc1)C2. The third kappa shape index (κ3) is 3.71. The molecule has 0 spiro atoms. The molecular weight excluding hydrogens is 454 g/mol. The molecule has 0 radical (unpaired) electrons. The lowest BCUT2D eigenvalue weighted by molar-refractivity contribution is 0.321. The van der Waals surface area contributed by atoms with Gasteiger partial charge in [-0.2, -0.15) is 0 Å². The lowest BCUT2D eigenvalue weighted by Gasteiger charge is -2.37. The lowest BCUT2D eigenvalue weighted by Crippen LogP contribution is -2.45. The molecular formula is C22H24BrNO4S. The first kappa shape index (κ1) is 20.4. The molecule has 29 heavy (non-hydrogen) atoms. The first-order chi connectivity index (χ1) is 13.8. The molecule has 0 heterocycles. The summed E-state index contributed by atoms with van der Waals surface area (Å²) in [7, 11) is -0.326. The molecule has 2 aromatic rings. The molecule has 1 N–H and O–H groups in total. The first-order valence-corrected chi connectivity index (χ1v) is 11.8. The van der Waals surface area contributed by atoms with Gasteiger partial charge in [0.1, 0.15) is 0 Å². The number of fused-ring (bicyclic) bond motifs is 3. The van der Waals surface area contributed by atoms with E-state index in [2.05, 4.69) is 33.7 Å². The quantitative estimate of drug-likeness (QED) is 0.647. The van der Waals surface area contributed by atoms with E-state index in [4.69, 9.17) is 9.47 Å². The summed E-state index contributed by atoms with van der Waals surface area (Å²) in [6.45, 7) is 2.10. The Labute approximate surface area is 180 Å². The second-order valence-electron chi connectivity index (χ2n) is 7.67. The number of hydrogen-bond acceptors (Lipinski definition) is 4. The van der Waals surface area contributed by atoms with Gasteiger partial charge in [0, 0.05) is 22.0 Å². The highest BCUT2D eigenvalue weighted by Gasteiger charge is 2.42. The van der Waals surface area contributed by atoms with Crippen molar-refractivity contribution >= 4 is 26.0 Å². The summed E-state index contributed by atoms with van der Waals surface area (Å²) in [5.74, 6) is 1.70. The number of rotatable bonds is 5. The Balaban J connectivity index is 1.72. The maximum Gasteiger partial charge on any atom is 0.240 e. The molecule has 0 saturated heterocycles. The summed E-state index contributed by atoms with van der Waals surface area (Å²) in [6.07, 6.45) is 3.72. The van der Waals surface area contributed by atoms with Crippen molar-refractivity contribution < 1.29 is 17.9 Å². The van der Waals surface area contributed by atoms with E-state index in [0.29, 0.717) is 12.2 Å². The van der Waals surface area contributed by atoms with E-state index >= 15 is 0 Å². The average molecular weight is 478 g/mol. The van der Waals surface area contributed by atoms with Crippen molar-refractivity contribution in [3.63, 3.8) is 0 Å². The topological polar surface area (TPSA) is 64.6 Å². The number of benzene rings is 2. The average Bonchev–Trinajstić information content (AvgIpc) is 3.09. The molecule has 2 aromatic carbocycles. The van der Waals surface area contributed by atoms with Gasteiger partial charge in [0.2, 0.25) is 10.0 Å². The Bertz CT molecular complexity index is 1060. The number of ether oxygens (including phenoxy) is 2. The van der Waals surface area contributed by atoms with E-state index in [1.165, 1.54) is 5.57 Å². The lowest BCUT2D eigenvalue weighted by atomic mass is 9.73. The molecule has 3 unspecified atom stereocenters. The van der Waals surface area contributed by atoms with Crippen LogP contribution in [-0.2, 0) is 16.4 Å². The Hall–Kier alpha value is -1.83. The Kier molecular flexibility index (Phi) is 5.48. The number of methoxy groups -OCH3 is 2. The van der Waals surface area contributed by atoms with E-state index in [1.807, 2.05) is 12.1 Å². The number of allylic oxidation sites excluding steroid dienone is 2. The van der Waals surface area contributed by atoms with Crippen molar-refractivity contribution in [1.82, 2.24) is 4.72 Å². The van der Waals surface area contributed by atoms with Crippen LogP contribution in [0.3, 0.4) is 0 Å². The van der Waals surface area contributed by atoms with Crippen LogP contribution >= 0.6 is 15.9 Å². The van der Waals surface area contributed by atoms with Crippen LogP contribution < -0.4 is 14.2 Å². The Morgan fingerprint density at radius 1 is 1.03 bits per heavy atom. The van der Waals surface area contributed by atoms with Crippen molar-refractivity contribution in [1.29, 1.82) is 0 Å². The van der Waals surface area contributed by atoms with Gasteiger partial charge in [-0.1, -0.05) is 33.6 Å². The predicted octanol–water partition coefficient (Wildman–Crippen LogP) is 4.42. The van der Waals surface area contributed by atoms with Crippen LogP contribution in [0.25, 0.3) is 0 Å². The molecule has 3 atom stereocenters. The highest BCUT2D eigenvalue weighted by molar-refractivity contribution is 9.10. The molecule has 2 aliphatic rings. The van der Waals surface area contributed by atoms with Gasteiger partial charge in [-0.15, -0.1) is 0 Å². The van der Waals surface area contributed by atoms with Crippen LogP contribution in [0.4, 0.5) is 0 Å². The molecule has 0 fully saturated rings. The van der Waals surface area contributed by atoms with Crippen molar-refractivity contribution in [3.8, 4) is 11.5 Å². The molecule has 0 aromatic heterocycles. The zero-order chi connectivity index (χ0) is 20.8. The van der Waals surface area contributed by atoms with E-state index in [1.54, 1.807) is 38.5 Å².